The molecule has 0 aliphatic carbocycles. The second kappa shape index (κ2) is 3.48. The highest BCUT2D eigenvalue weighted by Gasteiger charge is 2.19. The fourth-order valence-corrected chi connectivity index (χ4v) is 1.14. The SMILES string of the molecule is CC1CCC(/C=C/[N+](=O)[O-])O1. The highest BCUT2D eigenvalue weighted by Crippen LogP contribution is 2.19. The Labute approximate surface area is 65.0 Å². The van der Waals surface area contributed by atoms with Crippen molar-refractivity contribution in [2.75, 3.05) is 0 Å². The van der Waals surface area contributed by atoms with Gasteiger partial charge in [-0.2, -0.15) is 0 Å². The Kier molecular flexibility index (Phi) is 2.59. The van der Waals surface area contributed by atoms with Gasteiger partial charge in [0.25, 0.3) is 0 Å². The molecule has 0 saturated carbocycles. The van der Waals surface area contributed by atoms with Crippen molar-refractivity contribution >= 4 is 0 Å². The zero-order chi connectivity index (χ0) is 8.27. The van der Waals surface area contributed by atoms with E-state index in [-0.39, 0.29) is 12.2 Å². The van der Waals surface area contributed by atoms with Crippen molar-refractivity contribution in [3.05, 3.63) is 22.4 Å². The predicted molar refractivity (Wildman–Crippen MR) is 39.7 cm³/mol. The Morgan fingerprint density at radius 3 is 2.82 bits per heavy atom. The van der Waals surface area contributed by atoms with Crippen LogP contribution in [0.4, 0.5) is 0 Å². The van der Waals surface area contributed by atoms with Crippen molar-refractivity contribution in [1.82, 2.24) is 0 Å². The number of rotatable bonds is 2. The molecule has 1 fully saturated rings. The molecule has 0 aromatic carbocycles. The van der Waals surface area contributed by atoms with Gasteiger partial charge in [0, 0.05) is 6.08 Å². The summed E-state index contributed by atoms with van der Waals surface area (Å²) >= 11 is 0. The first-order valence-corrected chi connectivity index (χ1v) is 3.66. The van der Waals surface area contributed by atoms with Crippen molar-refractivity contribution in [2.45, 2.75) is 32.0 Å². The van der Waals surface area contributed by atoms with Crippen LogP contribution in [0.2, 0.25) is 0 Å². The van der Waals surface area contributed by atoms with Gasteiger partial charge < -0.3 is 4.74 Å². The molecule has 1 rings (SSSR count). The van der Waals surface area contributed by atoms with Gasteiger partial charge in [0.05, 0.1) is 17.1 Å². The molecule has 4 heteroatoms. The summed E-state index contributed by atoms with van der Waals surface area (Å²) in [6.45, 7) is 1.97. The first-order chi connectivity index (χ1) is 5.18. The summed E-state index contributed by atoms with van der Waals surface area (Å²) in [7, 11) is 0. The first-order valence-electron chi connectivity index (χ1n) is 3.66. The predicted octanol–water partition coefficient (Wildman–Crippen LogP) is 1.34. The number of hydrogen-bond acceptors (Lipinski definition) is 3. The molecule has 0 aromatic rings. The quantitative estimate of drug-likeness (QED) is 0.449. The van der Waals surface area contributed by atoms with Crippen LogP contribution in [-0.4, -0.2) is 17.1 Å². The van der Waals surface area contributed by atoms with Gasteiger partial charge in [-0.3, -0.25) is 10.1 Å². The lowest BCUT2D eigenvalue weighted by molar-refractivity contribution is -0.403. The fourth-order valence-electron chi connectivity index (χ4n) is 1.14. The monoisotopic (exact) mass is 157 g/mol. The summed E-state index contributed by atoms with van der Waals surface area (Å²) in [5.74, 6) is 0. The van der Waals surface area contributed by atoms with Crippen LogP contribution in [0, 0.1) is 10.1 Å². The van der Waals surface area contributed by atoms with E-state index in [9.17, 15) is 10.1 Å². The van der Waals surface area contributed by atoms with Crippen molar-refractivity contribution in [3.63, 3.8) is 0 Å². The van der Waals surface area contributed by atoms with Crippen LogP contribution in [0.3, 0.4) is 0 Å². The second-order valence-corrected chi connectivity index (χ2v) is 2.69. The molecule has 0 radical (unpaired) electrons. The minimum absolute atomic E-state index is 0.0459. The molecule has 4 nitrogen and oxygen atoms in total. The van der Waals surface area contributed by atoms with Crippen molar-refractivity contribution in [2.24, 2.45) is 0 Å². The van der Waals surface area contributed by atoms with Crippen molar-refractivity contribution in [3.8, 4) is 0 Å². The summed E-state index contributed by atoms with van der Waals surface area (Å²) in [6, 6.07) is 0. The lowest BCUT2D eigenvalue weighted by atomic mass is 10.2. The lowest BCUT2D eigenvalue weighted by Gasteiger charge is -2.02. The van der Waals surface area contributed by atoms with Gasteiger partial charge in [-0.1, -0.05) is 0 Å². The Bertz CT molecular complexity index is 179. The zero-order valence-electron chi connectivity index (χ0n) is 6.40. The molecule has 2 atom stereocenters. The van der Waals surface area contributed by atoms with Crippen molar-refractivity contribution in [1.29, 1.82) is 0 Å². The lowest BCUT2D eigenvalue weighted by Crippen LogP contribution is -2.04. The van der Waals surface area contributed by atoms with Gasteiger partial charge in [0.1, 0.15) is 0 Å². The number of nitro groups is 1. The summed E-state index contributed by atoms with van der Waals surface area (Å²) in [4.78, 5) is 9.43. The highest BCUT2D eigenvalue weighted by atomic mass is 16.6. The fraction of sp³-hybridized carbons (Fsp3) is 0.714. The van der Waals surface area contributed by atoms with Gasteiger partial charge in [-0.15, -0.1) is 0 Å². The molecular weight excluding hydrogens is 146 g/mol. The molecule has 0 aromatic heterocycles. The van der Waals surface area contributed by atoms with Gasteiger partial charge >= 0.3 is 0 Å². The molecule has 62 valence electrons. The second-order valence-electron chi connectivity index (χ2n) is 2.69. The molecule has 0 spiro atoms. The van der Waals surface area contributed by atoms with Crippen LogP contribution in [0.15, 0.2) is 12.3 Å². The van der Waals surface area contributed by atoms with Gasteiger partial charge in [0.15, 0.2) is 0 Å². The van der Waals surface area contributed by atoms with E-state index >= 15 is 0 Å². The topological polar surface area (TPSA) is 52.4 Å². The van der Waals surface area contributed by atoms with Crippen LogP contribution in [-0.2, 0) is 4.74 Å². The van der Waals surface area contributed by atoms with E-state index in [1.807, 2.05) is 6.92 Å². The molecule has 0 bridgehead atoms. The molecular formula is C7H11NO3. The van der Waals surface area contributed by atoms with Gasteiger partial charge in [0.2, 0.25) is 6.20 Å². The Morgan fingerprint density at radius 2 is 2.36 bits per heavy atom. The van der Waals surface area contributed by atoms with Crippen LogP contribution < -0.4 is 0 Å². The van der Waals surface area contributed by atoms with E-state index in [1.54, 1.807) is 0 Å². The van der Waals surface area contributed by atoms with E-state index in [1.165, 1.54) is 6.08 Å². The maximum Gasteiger partial charge on any atom is 0.233 e. The third kappa shape index (κ3) is 2.67. The van der Waals surface area contributed by atoms with Crippen LogP contribution in [0.5, 0.6) is 0 Å². The largest absolute Gasteiger partial charge is 0.371 e. The molecule has 0 amide bonds. The smallest absolute Gasteiger partial charge is 0.233 e. The van der Waals surface area contributed by atoms with Crippen LogP contribution >= 0.6 is 0 Å². The summed E-state index contributed by atoms with van der Waals surface area (Å²) < 4.78 is 5.32. The number of nitrogens with zero attached hydrogens (tertiary/aromatic N) is 1. The summed E-state index contributed by atoms with van der Waals surface area (Å²) in [5, 5.41) is 9.90. The minimum atomic E-state index is -0.466. The third-order valence-corrected chi connectivity index (χ3v) is 1.69. The van der Waals surface area contributed by atoms with E-state index < -0.39 is 4.92 Å². The molecule has 1 aliphatic rings. The van der Waals surface area contributed by atoms with Crippen molar-refractivity contribution < 1.29 is 9.66 Å². The normalized spacial score (nSPS) is 31.4. The maximum absolute atomic E-state index is 9.90. The van der Waals surface area contributed by atoms with Gasteiger partial charge in [-0.25, -0.2) is 0 Å². The Hall–Kier alpha value is -0.900. The number of ether oxygens (including phenoxy) is 1. The molecule has 0 N–H and O–H groups in total. The van der Waals surface area contributed by atoms with E-state index in [0.29, 0.717) is 0 Å². The minimum Gasteiger partial charge on any atom is -0.371 e. The molecule has 1 aliphatic heterocycles. The summed E-state index contributed by atoms with van der Waals surface area (Å²) in [6.07, 6.45) is 4.54. The average molecular weight is 157 g/mol. The average Bonchev–Trinajstić information content (AvgIpc) is 2.31. The third-order valence-electron chi connectivity index (χ3n) is 1.69. The maximum atomic E-state index is 9.90. The Balaban J connectivity index is 2.33. The molecule has 1 heterocycles. The van der Waals surface area contributed by atoms with E-state index in [4.69, 9.17) is 4.74 Å². The Morgan fingerprint density at radius 1 is 1.64 bits per heavy atom. The zero-order valence-corrected chi connectivity index (χ0v) is 6.40. The number of hydrogen-bond donors (Lipinski definition) is 0. The van der Waals surface area contributed by atoms with E-state index in [2.05, 4.69) is 0 Å². The highest BCUT2D eigenvalue weighted by molar-refractivity contribution is 4.88. The van der Waals surface area contributed by atoms with Crippen LogP contribution in [0.25, 0.3) is 0 Å². The van der Waals surface area contributed by atoms with Gasteiger partial charge in [-0.05, 0) is 19.8 Å². The first kappa shape index (κ1) is 8.20. The van der Waals surface area contributed by atoms with E-state index in [0.717, 1.165) is 19.0 Å². The molecule has 1 saturated heterocycles. The molecule has 11 heavy (non-hydrogen) atoms. The molecule has 2 unspecified atom stereocenters. The van der Waals surface area contributed by atoms with Crippen LogP contribution in [0.1, 0.15) is 19.8 Å². The standard InChI is InChI=1S/C7H11NO3/c1-6-2-3-7(11-6)4-5-8(9)10/h4-7H,2-3H2,1H3/b5-4+. The summed E-state index contributed by atoms with van der Waals surface area (Å²) in [5.41, 5.74) is 0.